The number of hydrogen-bond acceptors (Lipinski definition) is 4. The third-order valence-corrected chi connectivity index (χ3v) is 2.93. The van der Waals surface area contributed by atoms with E-state index in [0.29, 0.717) is 12.3 Å². The van der Waals surface area contributed by atoms with Crippen molar-refractivity contribution in [1.82, 2.24) is 5.32 Å². The van der Waals surface area contributed by atoms with Crippen molar-refractivity contribution in [2.24, 2.45) is 11.1 Å². The molecule has 0 aliphatic rings. The van der Waals surface area contributed by atoms with Crippen molar-refractivity contribution in [3.05, 3.63) is 23.8 Å². The molecule has 4 N–H and O–H groups in total. The molecule has 1 atom stereocenters. The van der Waals surface area contributed by atoms with Gasteiger partial charge in [-0.1, -0.05) is 26.8 Å². The molecule has 5 nitrogen and oxygen atoms in total. The van der Waals surface area contributed by atoms with E-state index in [4.69, 9.17) is 10.5 Å². The van der Waals surface area contributed by atoms with Crippen molar-refractivity contribution in [3.8, 4) is 11.5 Å². The number of hydrogen-bond donors (Lipinski definition) is 3. The monoisotopic (exact) mass is 266 g/mol. The number of rotatable bonds is 4. The highest BCUT2D eigenvalue weighted by molar-refractivity contribution is 5.82. The Balaban J connectivity index is 2.65. The summed E-state index contributed by atoms with van der Waals surface area (Å²) in [5.74, 6) is 0.260. The second-order valence-electron chi connectivity index (χ2n) is 5.57. The molecule has 19 heavy (non-hydrogen) atoms. The molecule has 0 bridgehead atoms. The first-order valence-corrected chi connectivity index (χ1v) is 6.15. The topological polar surface area (TPSA) is 84.6 Å². The highest BCUT2D eigenvalue weighted by atomic mass is 16.5. The van der Waals surface area contributed by atoms with E-state index in [0.717, 1.165) is 5.56 Å². The Hall–Kier alpha value is -1.75. The van der Waals surface area contributed by atoms with Crippen LogP contribution in [0.4, 0.5) is 0 Å². The molecule has 1 rings (SSSR count). The van der Waals surface area contributed by atoms with Crippen molar-refractivity contribution < 1.29 is 14.6 Å². The quantitative estimate of drug-likeness (QED) is 0.769. The van der Waals surface area contributed by atoms with Crippen molar-refractivity contribution in [2.45, 2.75) is 33.4 Å². The van der Waals surface area contributed by atoms with Crippen LogP contribution in [-0.4, -0.2) is 24.2 Å². The first-order chi connectivity index (χ1) is 8.75. The van der Waals surface area contributed by atoms with E-state index in [1.54, 1.807) is 12.1 Å². The summed E-state index contributed by atoms with van der Waals surface area (Å²) in [6.45, 7) is 6.10. The molecule has 0 heterocycles. The average Bonchev–Trinajstić information content (AvgIpc) is 2.35. The summed E-state index contributed by atoms with van der Waals surface area (Å²) in [4.78, 5) is 11.9. The van der Waals surface area contributed by atoms with Crippen LogP contribution in [0.25, 0.3) is 0 Å². The second-order valence-corrected chi connectivity index (χ2v) is 5.57. The fourth-order valence-corrected chi connectivity index (χ4v) is 1.52. The lowest BCUT2D eigenvalue weighted by Crippen LogP contribution is -2.48. The van der Waals surface area contributed by atoms with Crippen molar-refractivity contribution in [3.63, 3.8) is 0 Å². The molecule has 0 saturated heterocycles. The minimum absolute atomic E-state index is 0.0731. The maximum absolute atomic E-state index is 11.9. The molecule has 0 unspecified atom stereocenters. The molecule has 0 radical (unpaired) electrons. The van der Waals surface area contributed by atoms with Crippen molar-refractivity contribution in [2.75, 3.05) is 7.11 Å². The molecule has 0 spiro atoms. The van der Waals surface area contributed by atoms with E-state index in [2.05, 4.69) is 5.32 Å². The number of amides is 1. The second kappa shape index (κ2) is 5.93. The van der Waals surface area contributed by atoms with Crippen LogP contribution in [0.2, 0.25) is 0 Å². The van der Waals surface area contributed by atoms with Crippen LogP contribution in [0.3, 0.4) is 0 Å². The normalized spacial score (nSPS) is 12.9. The number of benzene rings is 1. The minimum Gasteiger partial charge on any atom is -0.504 e. The van der Waals surface area contributed by atoms with Gasteiger partial charge in [-0.25, -0.2) is 0 Å². The van der Waals surface area contributed by atoms with Crippen LogP contribution >= 0.6 is 0 Å². The van der Waals surface area contributed by atoms with Gasteiger partial charge in [-0.2, -0.15) is 0 Å². The van der Waals surface area contributed by atoms with Crippen LogP contribution in [0.1, 0.15) is 26.3 Å². The number of carbonyl (C=O) groups is 1. The molecule has 5 heteroatoms. The molecule has 1 amide bonds. The van der Waals surface area contributed by atoms with Gasteiger partial charge >= 0.3 is 0 Å². The highest BCUT2D eigenvalue weighted by Gasteiger charge is 2.27. The molecular weight excluding hydrogens is 244 g/mol. The third-order valence-electron chi connectivity index (χ3n) is 2.93. The maximum atomic E-state index is 11.9. The van der Waals surface area contributed by atoms with Gasteiger partial charge in [-0.05, 0) is 23.1 Å². The van der Waals surface area contributed by atoms with Crippen LogP contribution in [0.5, 0.6) is 11.5 Å². The Morgan fingerprint density at radius 1 is 1.47 bits per heavy atom. The Kier molecular flexibility index (Phi) is 4.78. The summed E-state index contributed by atoms with van der Waals surface area (Å²) >= 11 is 0. The van der Waals surface area contributed by atoms with E-state index in [9.17, 15) is 9.90 Å². The SMILES string of the molecule is COc1cc(CNC(=O)[C@@H](N)C(C)(C)C)ccc1O. The molecular formula is C14H22N2O3. The predicted octanol–water partition coefficient (Wildman–Crippen LogP) is 1.39. The summed E-state index contributed by atoms with van der Waals surface area (Å²) in [5, 5.41) is 12.2. The number of phenols is 1. The molecule has 106 valence electrons. The third kappa shape index (κ3) is 4.13. The van der Waals surface area contributed by atoms with Crippen molar-refractivity contribution >= 4 is 5.91 Å². The number of ether oxygens (including phenoxy) is 1. The van der Waals surface area contributed by atoms with Gasteiger partial charge < -0.3 is 20.9 Å². The van der Waals surface area contributed by atoms with Crippen LogP contribution in [0.15, 0.2) is 18.2 Å². The molecule has 0 aromatic heterocycles. The van der Waals surface area contributed by atoms with Gasteiger partial charge in [0.2, 0.25) is 5.91 Å². The van der Waals surface area contributed by atoms with Gasteiger partial charge in [0.1, 0.15) is 0 Å². The first kappa shape index (κ1) is 15.3. The Labute approximate surface area is 113 Å². The molecule has 0 saturated carbocycles. The van der Waals surface area contributed by atoms with E-state index < -0.39 is 6.04 Å². The van der Waals surface area contributed by atoms with E-state index in [1.807, 2.05) is 20.8 Å². The molecule has 0 fully saturated rings. The highest BCUT2D eigenvalue weighted by Crippen LogP contribution is 2.26. The molecule has 1 aromatic carbocycles. The maximum Gasteiger partial charge on any atom is 0.237 e. The van der Waals surface area contributed by atoms with Gasteiger partial charge in [0.05, 0.1) is 13.2 Å². The number of aromatic hydroxyl groups is 1. The Bertz CT molecular complexity index is 452. The number of carbonyl (C=O) groups excluding carboxylic acids is 1. The predicted molar refractivity (Wildman–Crippen MR) is 73.9 cm³/mol. The van der Waals surface area contributed by atoms with Gasteiger partial charge in [-0.15, -0.1) is 0 Å². The van der Waals surface area contributed by atoms with Crippen LogP contribution < -0.4 is 15.8 Å². The Morgan fingerprint density at radius 2 is 2.11 bits per heavy atom. The summed E-state index contributed by atoms with van der Waals surface area (Å²) in [6.07, 6.45) is 0. The average molecular weight is 266 g/mol. The molecule has 0 aliphatic carbocycles. The first-order valence-electron chi connectivity index (χ1n) is 6.15. The van der Waals surface area contributed by atoms with E-state index >= 15 is 0 Å². The van der Waals surface area contributed by atoms with E-state index in [1.165, 1.54) is 13.2 Å². The van der Waals surface area contributed by atoms with E-state index in [-0.39, 0.29) is 17.1 Å². The number of nitrogens with two attached hydrogens (primary N) is 1. The zero-order chi connectivity index (χ0) is 14.6. The fraction of sp³-hybridized carbons (Fsp3) is 0.500. The summed E-state index contributed by atoms with van der Waals surface area (Å²) in [7, 11) is 1.48. The molecule has 1 aromatic rings. The number of methoxy groups -OCH3 is 1. The smallest absolute Gasteiger partial charge is 0.237 e. The lowest BCUT2D eigenvalue weighted by atomic mass is 9.87. The standard InChI is InChI=1S/C14H22N2O3/c1-14(2,3)12(15)13(18)16-8-9-5-6-10(17)11(7-9)19-4/h5-7,12,17H,8,15H2,1-4H3,(H,16,18)/t12-/m1/s1. The lowest BCUT2D eigenvalue weighted by molar-refractivity contribution is -0.124. The summed E-state index contributed by atoms with van der Waals surface area (Å²) < 4.78 is 5.01. The summed E-state index contributed by atoms with van der Waals surface area (Å²) in [5.41, 5.74) is 6.42. The zero-order valence-corrected chi connectivity index (χ0v) is 11.9. The molecule has 0 aliphatic heterocycles. The van der Waals surface area contributed by atoms with Crippen LogP contribution in [0, 0.1) is 5.41 Å². The lowest BCUT2D eigenvalue weighted by Gasteiger charge is -2.25. The zero-order valence-electron chi connectivity index (χ0n) is 11.9. The largest absolute Gasteiger partial charge is 0.504 e. The van der Waals surface area contributed by atoms with Gasteiger partial charge in [0.25, 0.3) is 0 Å². The fourth-order valence-electron chi connectivity index (χ4n) is 1.52. The van der Waals surface area contributed by atoms with Gasteiger partial charge in [0.15, 0.2) is 11.5 Å². The Morgan fingerprint density at radius 3 is 2.63 bits per heavy atom. The van der Waals surface area contributed by atoms with Gasteiger partial charge in [-0.3, -0.25) is 4.79 Å². The number of nitrogens with one attached hydrogen (secondary N) is 1. The minimum atomic E-state index is -0.563. The van der Waals surface area contributed by atoms with Crippen molar-refractivity contribution in [1.29, 1.82) is 0 Å². The van der Waals surface area contributed by atoms with Crippen LogP contribution in [-0.2, 0) is 11.3 Å². The number of phenolic OH excluding ortho intramolecular Hbond substituents is 1. The summed E-state index contributed by atoms with van der Waals surface area (Å²) in [6, 6.07) is 4.37. The van der Waals surface area contributed by atoms with Gasteiger partial charge in [0, 0.05) is 6.54 Å².